The first-order valence-electron chi connectivity index (χ1n) is 11.0. The second-order valence-corrected chi connectivity index (χ2v) is 9.51. The highest BCUT2D eigenvalue weighted by Gasteiger charge is 2.35. The summed E-state index contributed by atoms with van der Waals surface area (Å²) in [7, 11) is 3.38. The molecule has 2 aliphatic rings. The molecule has 0 aromatic heterocycles. The lowest BCUT2D eigenvalue weighted by molar-refractivity contribution is -0.00352. The third-order valence-corrected chi connectivity index (χ3v) is 6.80. The van der Waals surface area contributed by atoms with E-state index in [-0.39, 0.29) is 11.5 Å². The van der Waals surface area contributed by atoms with Crippen LogP contribution in [0.15, 0.2) is 36.4 Å². The van der Waals surface area contributed by atoms with Gasteiger partial charge in [0.1, 0.15) is 0 Å². The van der Waals surface area contributed by atoms with Gasteiger partial charge in [0, 0.05) is 48.8 Å². The summed E-state index contributed by atoms with van der Waals surface area (Å²) in [4.78, 5) is 4.97. The van der Waals surface area contributed by atoms with Crippen LogP contribution >= 0.6 is 11.6 Å². The Bertz CT molecular complexity index is 892. The summed E-state index contributed by atoms with van der Waals surface area (Å²) in [6.45, 7) is 10.4. The van der Waals surface area contributed by atoms with E-state index in [1.165, 1.54) is 16.8 Å². The molecule has 5 nitrogen and oxygen atoms in total. The van der Waals surface area contributed by atoms with Gasteiger partial charge in [-0.25, -0.2) is 0 Å². The molecule has 1 saturated heterocycles. The molecule has 1 atom stereocenters. The number of halogens is 1. The Kier molecular flexibility index (Phi) is 6.65. The van der Waals surface area contributed by atoms with Crippen LogP contribution in [0.4, 0.5) is 5.69 Å². The first-order valence-corrected chi connectivity index (χ1v) is 11.4. The number of hydrogen-bond donors (Lipinski definition) is 0. The van der Waals surface area contributed by atoms with Crippen LogP contribution < -0.4 is 14.4 Å². The van der Waals surface area contributed by atoms with Crippen LogP contribution in [0.5, 0.6) is 11.5 Å². The predicted molar refractivity (Wildman–Crippen MR) is 126 cm³/mol. The molecule has 2 aliphatic heterocycles. The minimum Gasteiger partial charge on any atom is -0.493 e. The number of benzene rings is 2. The van der Waals surface area contributed by atoms with E-state index in [1.54, 1.807) is 14.2 Å². The van der Waals surface area contributed by atoms with Crippen molar-refractivity contribution in [3.63, 3.8) is 0 Å². The topological polar surface area (TPSA) is 34.2 Å². The van der Waals surface area contributed by atoms with Crippen molar-refractivity contribution in [3.05, 3.63) is 52.5 Å². The Labute approximate surface area is 190 Å². The number of piperazine rings is 1. The maximum absolute atomic E-state index is 6.34. The zero-order valence-corrected chi connectivity index (χ0v) is 19.7. The van der Waals surface area contributed by atoms with Crippen LogP contribution in [-0.2, 0) is 10.2 Å². The van der Waals surface area contributed by atoms with Crippen LogP contribution in [0.1, 0.15) is 37.5 Å². The fourth-order valence-corrected chi connectivity index (χ4v) is 4.77. The van der Waals surface area contributed by atoms with Crippen LogP contribution in [0.3, 0.4) is 0 Å². The molecule has 1 unspecified atom stereocenters. The van der Waals surface area contributed by atoms with Gasteiger partial charge in [-0.1, -0.05) is 25.4 Å². The first kappa shape index (κ1) is 22.3. The molecule has 2 aromatic rings. The number of anilines is 1. The minimum atomic E-state index is -0.0460. The number of fused-ring (bicyclic) bond motifs is 1. The Morgan fingerprint density at radius 3 is 2.29 bits per heavy atom. The molecule has 0 aliphatic carbocycles. The Morgan fingerprint density at radius 1 is 1.00 bits per heavy atom. The van der Waals surface area contributed by atoms with Gasteiger partial charge in [-0.15, -0.1) is 0 Å². The number of methoxy groups -OCH3 is 2. The second-order valence-electron chi connectivity index (χ2n) is 9.07. The molecule has 31 heavy (non-hydrogen) atoms. The van der Waals surface area contributed by atoms with Gasteiger partial charge in [-0.05, 0) is 53.9 Å². The second kappa shape index (κ2) is 9.27. The number of rotatable bonds is 6. The molecule has 0 N–H and O–H groups in total. The highest BCUT2D eigenvalue weighted by molar-refractivity contribution is 6.30. The van der Waals surface area contributed by atoms with Gasteiger partial charge < -0.3 is 19.1 Å². The Morgan fingerprint density at radius 2 is 1.65 bits per heavy atom. The molecule has 2 aromatic carbocycles. The standard InChI is InChI=1S/C25H33ClN2O3/c1-25(2)17-31-22(20-15-23(29-3)24(30-4)16-21(20)25)9-10-27-11-13-28(14-12-27)19-7-5-18(26)6-8-19/h5-8,15-16,22H,9-14,17H2,1-4H3. The zero-order chi connectivity index (χ0) is 22.0. The van der Waals surface area contributed by atoms with Crippen LogP contribution in [0.25, 0.3) is 0 Å². The largest absolute Gasteiger partial charge is 0.493 e. The zero-order valence-electron chi connectivity index (χ0n) is 19.0. The lowest BCUT2D eigenvalue weighted by atomic mass is 9.78. The molecule has 1 fully saturated rings. The van der Waals surface area contributed by atoms with Gasteiger partial charge in [0.2, 0.25) is 0 Å². The quantitative estimate of drug-likeness (QED) is 0.631. The van der Waals surface area contributed by atoms with Gasteiger partial charge >= 0.3 is 0 Å². The van der Waals surface area contributed by atoms with Crippen molar-refractivity contribution < 1.29 is 14.2 Å². The molecule has 6 heteroatoms. The summed E-state index contributed by atoms with van der Waals surface area (Å²) in [5.41, 5.74) is 3.73. The SMILES string of the molecule is COc1cc2c(cc1OC)C(C)(C)COC2CCN1CCN(c2ccc(Cl)cc2)CC1. The molecular formula is C25H33ClN2O3. The van der Waals surface area contributed by atoms with Gasteiger partial charge in [-0.3, -0.25) is 4.90 Å². The molecule has 0 radical (unpaired) electrons. The smallest absolute Gasteiger partial charge is 0.161 e. The summed E-state index contributed by atoms with van der Waals surface area (Å²) in [6, 6.07) is 12.4. The summed E-state index contributed by atoms with van der Waals surface area (Å²) in [6.07, 6.45) is 1.05. The van der Waals surface area contributed by atoms with Gasteiger partial charge in [0.25, 0.3) is 0 Å². The molecule has 0 spiro atoms. The Hall–Kier alpha value is -1.95. The van der Waals surface area contributed by atoms with E-state index >= 15 is 0 Å². The molecule has 2 heterocycles. The van der Waals surface area contributed by atoms with Crippen molar-refractivity contribution in [2.24, 2.45) is 0 Å². The van der Waals surface area contributed by atoms with E-state index in [0.717, 1.165) is 55.7 Å². The van der Waals surface area contributed by atoms with E-state index in [2.05, 4.69) is 47.9 Å². The number of hydrogen-bond acceptors (Lipinski definition) is 5. The number of nitrogens with zero attached hydrogens (tertiary/aromatic N) is 2. The van der Waals surface area contributed by atoms with Gasteiger partial charge in [-0.2, -0.15) is 0 Å². The molecule has 168 valence electrons. The summed E-state index contributed by atoms with van der Waals surface area (Å²) < 4.78 is 17.5. The van der Waals surface area contributed by atoms with E-state index in [9.17, 15) is 0 Å². The van der Waals surface area contributed by atoms with E-state index in [1.807, 2.05) is 12.1 Å². The van der Waals surface area contributed by atoms with Crippen molar-refractivity contribution in [3.8, 4) is 11.5 Å². The van der Waals surface area contributed by atoms with Crippen LogP contribution in [0, 0.1) is 0 Å². The normalized spacial score (nSPS) is 20.9. The fourth-order valence-electron chi connectivity index (χ4n) is 4.64. The molecule has 0 bridgehead atoms. The predicted octanol–water partition coefficient (Wildman–Crippen LogP) is 4.92. The summed E-state index contributed by atoms with van der Waals surface area (Å²) in [5.74, 6) is 1.55. The Balaban J connectivity index is 1.40. The molecule has 0 amide bonds. The lowest BCUT2D eigenvalue weighted by Gasteiger charge is -2.40. The van der Waals surface area contributed by atoms with Crippen molar-refractivity contribution in [2.75, 3.05) is 58.5 Å². The summed E-state index contributed by atoms with van der Waals surface area (Å²) >= 11 is 6.02. The van der Waals surface area contributed by atoms with E-state index in [4.69, 9.17) is 25.8 Å². The maximum Gasteiger partial charge on any atom is 0.161 e. The van der Waals surface area contributed by atoms with Gasteiger partial charge in [0.15, 0.2) is 11.5 Å². The first-order chi connectivity index (χ1) is 14.9. The van der Waals surface area contributed by atoms with Crippen LogP contribution in [0.2, 0.25) is 5.02 Å². The molecule has 4 rings (SSSR count). The maximum atomic E-state index is 6.34. The highest BCUT2D eigenvalue weighted by atomic mass is 35.5. The average Bonchev–Trinajstić information content (AvgIpc) is 2.78. The van der Waals surface area contributed by atoms with Gasteiger partial charge in [0.05, 0.1) is 26.9 Å². The minimum absolute atomic E-state index is 0.0460. The third-order valence-electron chi connectivity index (χ3n) is 6.55. The fraction of sp³-hybridized carbons (Fsp3) is 0.520. The van der Waals surface area contributed by atoms with E-state index < -0.39 is 0 Å². The number of ether oxygens (including phenoxy) is 3. The molecular weight excluding hydrogens is 412 g/mol. The van der Waals surface area contributed by atoms with E-state index in [0.29, 0.717) is 6.61 Å². The van der Waals surface area contributed by atoms with Crippen molar-refractivity contribution >= 4 is 17.3 Å². The highest BCUT2D eigenvalue weighted by Crippen LogP contribution is 2.44. The molecule has 0 saturated carbocycles. The van der Waals surface area contributed by atoms with Crippen molar-refractivity contribution in [1.29, 1.82) is 0 Å². The average molecular weight is 445 g/mol. The monoisotopic (exact) mass is 444 g/mol. The van der Waals surface area contributed by atoms with Crippen molar-refractivity contribution in [1.82, 2.24) is 4.90 Å². The third kappa shape index (κ3) is 4.79. The lowest BCUT2D eigenvalue weighted by Crippen LogP contribution is -2.47. The van der Waals surface area contributed by atoms with Crippen LogP contribution in [-0.4, -0.2) is 58.5 Å². The summed E-state index contributed by atoms with van der Waals surface area (Å²) in [5, 5.41) is 0.785. The van der Waals surface area contributed by atoms with Crippen molar-refractivity contribution in [2.45, 2.75) is 31.8 Å².